The zero-order valence-corrected chi connectivity index (χ0v) is 12.7. The third-order valence-corrected chi connectivity index (χ3v) is 4.40. The molecule has 5 heteroatoms. The molecule has 0 amide bonds. The van der Waals surface area contributed by atoms with Crippen molar-refractivity contribution in [2.24, 2.45) is 0 Å². The summed E-state index contributed by atoms with van der Waals surface area (Å²) >= 11 is 7.44. The molecule has 102 valence electrons. The van der Waals surface area contributed by atoms with Crippen molar-refractivity contribution in [3.63, 3.8) is 0 Å². The Labute approximate surface area is 126 Å². The summed E-state index contributed by atoms with van der Waals surface area (Å²) in [7, 11) is 0. The van der Waals surface area contributed by atoms with Crippen LogP contribution in [0.15, 0.2) is 42.3 Å². The van der Waals surface area contributed by atoms with E-state index in [0.29, 0.717) is 5.88 Å². The first-order valence-corrected chi connectivity index (χ1v) is 7.73. The maximum atomic E-state index is 5.80. The number of hydrogen-bond donors (Lipinski definition) is 0. The average molecular weight is 304 g/mol. The molecule has 2 heterocycles. The maximum Gasteiger partial charge on any atom is 0.123 e. The highest BCUT2D eigenvalue weighted by Gasteiger charge is 2.07. The third kappa shape index (κ3) is 2.76. The van der Waals surface area contributed by atoms with E-state index in [0.717, 1.165) is 22.8 Å². The van der Waals surface area contributed by atoms with Gasteiger partial charge < -0.3 is 4.57 Å². The number of hydrogen-bond acceptors (Lipinski definition) is 3. The minimum atomic E-state index is 0.466. The van der Waals surface area contributed by atoms with Gasteiger partial charge in [-0.2, -0.15) is 0 Å². The normalized spacial score (nSPS) is 10.9. The Morgan fingerprint density at radius 2 is 2.25 bits per heavy atom. The lowest BCUT2D eigenvalue weighted by molar-refractivity contribution is 0.792. The van der Waals surface area contributed by atoms with E-state index in [-0.39, 0.29) is 0 Å². The van der Waals surface area contributed by atoms with Gasteiger partial charge in [0.25, 0.3) is 0 Å². The molecule has 3 aromatic rings. The SMILES string of the molecule is Cc1cc(-c2nc(CCl)cs2)ccc1Cn1ccnc1. The van der Waals surface area contributed by atoms with E-state index in [1.54, 1.807) is 17.5 Å². The largest absolute Gasteiger partial charge is 0.333 e. The van der Waals surface area contributed by atoms with E-state index in [2.05, 4.69) is 39.7 Å². The number of nitrogens with zero attached hydrogens (tertiary/aromatic N) is 3. The van der Waals surface area contributed by atoms with Crippen LogP contribution < -0.4 is 0 Å². The van der Waals surface area contributed by atoms with Crippen LogP contribution in [0.3, 0.4) is 0 Å². The molecule has 3 nitrogen and oxygen atoms in total. The number of thiazole rings is 1. The van der Waals surface area contributed by atoms with E-state index in [9.17, 15) is 0 Å². The van der Waals surface area contributed by atoms with Crippen molar-refractivity contribution in [3.8, 4) is 10.6 Å². The highest BCUT2D eigenvalue weighted by atomic mass is 35.5. The number of aromatic nitrogens is 3. The lowest BCUT2D eigenvalue weighted by Crippen LogP contribution is -1.98. The zero-order chi connectivity index (χ0) is 13.9. The molecule has 1 aromatic carbocycles. The van der Waals surface area contributed by atoms with Crippen LogP contribution in [0.1, 0.15) is 16.8 Å². The summed E-state index contributed by atoms with van der Waals surface area (Å²) in [5, 5.41) is 3.04. The fraction of sp³-hybridized carbons (Fsp3) is 0.200. The van der Waals surface area contributed by atoms with Crippen LogP contribution in [0.4, 0.5) is 0 Å². The van der Waals surface area contributed by atoms with Crippen LogP contribution in [0.5, 0.6) is 0 Å². The summed E-state index contributed by atoms with van der Waals surface area (Å²) in [5.74, 6) is 0.466. The number of imidazole rings is 1. The van der Waals surface area contributed by atoms with Crippen molar-refractivity contribution < 1.29 is 0 Å². The van der Waals surface area contributed by atoms with Gasteiger partial charge in [-0.3, -0.25) is 0 Å². The Morgan fingerprint density at radius 3 is 2.90 bits per heavy atom. The molecule has 3 rings (SSSR count). The molecule has 0 aliphatic carbocycles. The van der Waals surface area contributed by atoms with Crippen LogP contribution in [0.25, 0.3) is 10.6 Å². The van der Waals surface area contributed by atoms with Crippen molar-refractivity contribution in [1.82, 2.24) is 14.5 Å². The van der Waals surface area contributed by atoms with E-state index in [1.807, 2.05) is 17.9 Å². The molecule has 0 saturated heterocycles. The second kappa shape index (κ2) is 5.77. The van der Waals surface area contributed by atoms with Gasteiger partial charge in [0.2, 0.25) is 0 Å². The second-order valence-corrected chi connectivity index (χ2v) is 5.78. The molecule has 0 aliphatic heterocycles. The highest BCUT2D eigenvalue weighted by molar-refractivity contribution is 7.13. The molecule has 0 atom stereocenters. The standard InChI is InChI=1S/C15H14ClN3S/c1-11-6-12(15-18-14(7-16)9-20-15)2-3-13(11)8-19-5-4-17-10-19/h2-6,9-10H,7-8H2,1H3. The van der Waals surface area contributed by atoms with Gasteiger partial charge in [-0.1, -0.05) is 12.1 Å². The first kappa shape index (κ1) is 13.3. The summed E-state index contributed by atoms with van der Waals surface area (Å²) in [6, 6.07) is 6.46. The van der Waals surface area contributed by atoms with Gasteiger partial charge in [0.05, 0.1) is 17.9 Å². The van der Waals surface area contributed by atoms with Gasteiger partial charge in [0, 0.05) is 29.9 Å². The van der Waals surface area contributed by atoms with E-state index >= 15 is 0 Å². The zero-order valence-electron chi connectivity index (χ0n) is 11.1. The average Bonchev–Trinajstić information content (AvgIpc) is 3.12. The van der Waals surface area contributed by atoms with Crippen LogP contribution >= 0.6 is 22.9 Å². The first-order chi connectivity index (χ1) is 9.76. The first-order valence-electron chi connectivity index (χ1n) is 6.32. The summed E-state index contributed by atoms with van der Waals surface area (Å²) in [5.41, 5.74) is 4.64. The predicted octanol–water partition coefficient (Wildman–Crippen LogP) is 4.10. The van der Waals surface area contributed by atoms with E-state index < -0.39 is 0 Å². The summed E-state index contributed by atoms with van der Waals surface area (Å²) < 4.78 is 2.07. The van der Waals surface area contributed by atoms with Gasteiger partial charge in [-0.05, 0) is 24.1 Å². The Kier molecular flexibility index (Phi) is 3.85. The summed E-state index contributed by atoms with van der Waals surface area (Å²) in [4.78, 5) is 8.58. The van der Waals surface area contributed by atoms with Crippen LogP contribution in [-0.2, 0) is 12.4 Å². The van der Waals surface area contributed by atoms with Crippen molar-refractivity contribution in [2.75, 3.05) is 0 Å². The Hall–Kier alpha value is -1.65. The number of alkyl halides is 1. The lowest BCUT2D eigenvalue weighted by Gasteiger charge is -2.08. The van der Waals surface area contributed by atoms with E-state index in [4.69, 9.17) is 11.6 Å². The third-order valence-electron chi connectivity index (χ3n) is 3.19. The molecule has 20 heavy (non-hydrogen) atoms. The fourth-order valence-corrected chi connectivity index (χ4v) is 3.13. The molecule has 0 N–H and O–H groups in total. The smallest absolute Gasteiger partial charge is 0.123 e. The molecule has 0 bridgehead atoms. The minimum absolute atomic E-state index is 0.466. The molecule has 0 saturated carbocycles. The summed E-state index contributed by atoms with van der Waals surface area (Å²) in [6.07, 6.45) is 5.61. The molecule has 0 aliphatic rings. The van der Waals surface area contributed by atoms with Crippen molar-refractivity contribution >= 4 is 22.9 Å². The molecule has 0 fully saturated rings. The maximum absolute atomic E-state index is 5.80. The topological polar surface area (TPSA) is 30.7 Å². The molecular formula is C15H14ClN3S. The fourth-order valence-electron chi connectivity index (χ4n) is 2.08. The van der Waals surface area contributed by atoms with Crippen LogP contribution in [0, 0.1) is 6.92 Å². The van der Waals surface area contributed by atoms with Crippen molar-refractivity contribution in [1.29, 1.82) is 0 Å². The number of benzene rings is 1. The predicted molar refractivity (Wildman–Crippen MR) is 83.2 cm³/mol. The summed E-state index contributed by atoms with van der Waals surface area (Å²) in [6.45, 7) is 2.97. The monoisotopic (exact) mass is 303 g/mol. The Bertz CT molecular complexity index is 704. The number of halogens is 1. The van der Waals surface area contributed by atoms with Crippen molar-refractivity contribution in [2.45, 2.75) is 19.3 Å². The van der Waals surface area contributed by atoms with Gasteiger partial charge in [0.1, 0.15) is 5.01 Å². The highest BCUT2D eigenvalue weighted by Crippen LogP contribution is 2.26. The Balaban J connectivity index is 1.87. The molecule has 0 radical (unpaired) electrons. The van der Waals surface area contributed by atoms with Gasteiger partial charge in [-0.25, -0.2) is 9.97 Å². The molecular weight excluding hydrogens is 290 g/mol. The van der Waals surface area contributed by atoms with Gasteiger partial charge in [-0.15, -0.1) is 22.9 Å². The minimum Gasteiger partial charge on any atom is -0.333 e. The van der Waals surface area contributed by atoms with Gasteiger partial charge in [0.15, 0.2) is 0 Å². The quantitative estimate of drug-likeness (QED) is 0.679. The number of aryl methyl sites for hydroxylation is 1. The molecule has 0 spiro atoms. The van der Waals surface area contributed by atoms with Crippen molar-refractivity contribution in [3.05, 3.63) is 59.1 Å². The van der Waals surface area contributed by atoms with Gasteiger partial charge >= 0.3 is 0 Å². The molecule has 2 aromatic heterocycles. The Morgan fingerprint density at radius 1 is 1.35 bits per heavy atom. The lowest BCUT2D eigenvalue weighted by atomic mass is 10.1. The van der Waals surface area contributed by atoms with Crippen LogP contribution in [-0.4, -0.2) is 14.5 Å². The second-order valence-electron chi connectivity index (χ2n) is 4.65. The van der Waals surface area contributed by atoms with Crippen LogP contribution in [0.2, 0.25) is 0 Å². The number of rotatable bonds is 4. The van der Waals surface area contributed by atoms with E-state index in [1.165, 1.54) is 11.1 Å². The molecule has 0 unspecified atom stereocenters.